The summed E-state index contributed by atoms with van der Waals surface area (Å²) in [4.78, 5) is 2.36. The van der Waals surface area contributed by atoms with Crippen molar-refractivity contribution in [3.63, 3.8) is 0 Å². The summed E-state index contributed by atoms with van der Waals surface area (Å²) in [6, 6.07) is 0.838. The van der Waals surface area contributed by atoms with E-state index in [1.54, 1.807) is 0 Å². The van der Waals surface area contributed by atoms with Gasteiger partial charge in [-0.25, -0.2) is 0 Å². The van der Waals surface area contributed by atoms with Gasteiger partial charge in [0.25, 0.3) is 0 Å². The number of alkyl halides is 1. The van der Waals surface area contributed by atoms with Gasteiger partial charge in [-0.15, -0.1) is 11.6 Å². The van der Waals surface area contributed by atoms with Crippen molar-refractivity contribution in [3.8, 4) is 0 Å². The third kappa shape index (κ3) is 3.65. The lowest BCUT2D eigenvalue weighted by Gasteiger charge is -2.43. The van der Waals surface area contributed by atoms with Crippen molar-refractivity contribution in [1.82, 2.24) is 4.90 Å². The Balaban J connectivity index is 2.12. The molecule has 2 unspecified atom stereocenters. The van der Waals surface area contributed by atoms with Crippen molar-refractivity contribution < 1.29 is 13.3 Å². The number of hydrogen-bond acceptors (Lipinski definition) is 4. The van der Waals surface area contributed by atoms with Crippen LogP contribution >= 0.6 is 11.6 Å². The smallest absolute Gasteiger partial charge is 0.372 e. The van der Waals surface area contributed by atoms with Crippen LogP contribution in [0.3, 0.4) is 0 Å². The molecule has 17 heavy (non-hydrogen) atoms. The second-order valence-electron chi connectivity index (χ2n) is 4.94. The average Bonchev–Trinajstić information content (AvgIpc) is 2.20. The highest BCUT2D eigenvalue weighted by Crippen LogP contribution is 2.26. The van der Waals surface area contributed by atoms with E-state index >= 15 is 0 Å². The summed E-state index contributed by atoms with van der Waals surface area (Å²) in [6.07, 6.45) is 1.27. The van der Waals surface area contributed by atoms with Crippen molar-refractivity contribution in [2.24, 2.45) is 0 Å². The molecule has 3 fully saturated rings. The number of halogens is 1. The lowest BCUT2D eigenvalue weighted by atomic mass is 10.3. The zero-order valence-electron chi connectivity index (χ0n) is 10.7. The summed E-state index contributed by atoms with van der Waals surface area (Å²) in [7, 11) is -2.49. The molecule has 3 aliphatic heterocycles. The Morgan fingerprint density at radius 1 is 1.24 bits per heavy atom. The first-order valence-corrected chi connectivity index (χ1v) is 8.88. The van der Waals surface area contributed by atoms with Crippen LogP contribution in [0.4, 0.5) is 0 Å². The number of nitrogens with zero attached hydrogens (tertiary/aromatic N) is 1. The summed E-state index contributed by atoms with van der Waals surface area (Å²) in [5.74, 6) is 0.639. The summed E-state index contributed by atoms with van der Waals surface area (Å²) < 4.78 is 18.2. The van der Waals surface area contributed by atoms with Gasteiger partial charge in [-0.05, 0) is 20.3 Å². The lowest BCUT2D eigenvalue weighted by molar-refractivity contribution is -0.0586. The van der Waals surface area contributed by atoms with Crippen LogP contribution in [0, 0.1) is 0 Å². The first kappa shape index (κ1) is 13.8. The summed E-state index contributed by atoms with van der Waals surface area (Å²) in [5, 5.41) is 0. The summed E-state index contributed by atoms with van der Waals surface area (Å²) >= 11 is 5.79. The molecule has 0 N–H and O–H groups in total. The van der Waals surface area contributed by atoms with E-state index < -0.39 is 8.80 Å². The molecule has 100 valence electrons. The van der Waals surface area contributed by atoms with Crippen LogP contribution in [0.5, 0.6) is 0 Å². The van der Waals surface area contributed by atoms with E-state index in [0.717, 1.165) is 32.1 Å². The van der Waals surface area contributed by atoms with Crippen LogP contribution < -0.4 is 0 Å². The van der Waals surface area contributed by atoms with Crippen molar-refractivity contribution >= 4 is 20.4 Å². The summed E-state index contributed by atoms with van der Waals surface area (Å²) in [6.45, 7) is 7.86. The third-order valence-corrected chi connectivity index (χ3v) is 6.54. The number of rotatable bonds is 3. The summed E-state index contributed by atoms with van der Waals surface area (Å²) in [5.41, 5.74) is 0. The Morgan fingerprint density at radius 3 is 2.47 bits per heavy atom. The Hall–Kier alpha value is 0.347. The molecular weight excluding hydrogens is 258 g/mol. The molecule has 0 spiro atoms. The topological polar surface area (TPSA) is 30.9 Å². The van der Waals surface area contributed by atoms with Crippen LogP contribution in [-0.4, -0.2) is 58.0 Å². The second-order valence-corrected chi connectivity index (χ2v) is 7.94. The average molecular weight is 280 g/mol. The van der Waals surface area contributed by atoms with E-state index in [0.29, 0.717) is 12.5 Å². The van der Waals surface area contributed by atoms with E-state index in [1.165, 1.54) is 0 Å². The molecular formula is C11H22ClNO3Si. The number of fused-ring (bicyclic) bond motifs is 6. The maximum absolute atomic E-state index is 6.12. The Kier molecular flexibility index (Phi) is 4.85. The minimum Gasteiger partial charge on any atom is -0.372 e. The highest BCUT2D eigenvalue weighted by Gasteiger charge is 2.46. The lowest BCUT2D eigenvalue weighted by Crippen LogP contribution is -2.59. The highest BCUT2D eigenvalue weighted by atomic mass is 35.5. The minimum absolute atomic E-state index is 0.185. The molecule has 4 nitrogen and oxygen atoms in total. The van der Waals surface area contributed by atoms with Crippen LogP contribution in [0.25, 0.3) is 0 Å². The van der Waals surface area contributed by atoms with Crippen molar-refractivity contribution in [3.05, 3.63) is 0 Å². The van der Waals surface area contributed by atoms with Gasteiger partial charge in [0, 0.05) is 31.6 Å². The van der Waals surface area contributed by atoms with E-state index in [9.17, 15) is 0 Å². The van der Waals surface area contributed by atoms with Crippen molar-refractivity contribution in [1.29, 1.82) is 0 Å². The van der Waals surface area contributed by atoms with Gasteiger partial charge in [0.1, 0.15) is 0 Å². The van der Waals surface area contributed by atoms with E-state index in [4.69, 9.17) is 24.9 Å². The molecule has 3 rings (SSSR count). The van der Waals surface area contributed by atoms with Crippen molar-refractivity contribution in [2.75, 3.05) is 32.1 Å². The van der Waals surface area contributed by atoms with Crippen LogP contribution in [0.1, 0.15) is 20.3 Å². The first-order valence-electron chi connectivity index (χ1n) is 6.41. The van der Waals surface area contributed by atoms with E-state index in [2.05, 4.69) is 18.7 Å². The molecule has 2 atom stereocenters. The zero-order chi connectivity index (χ0) is 12.3. The molecule has 0 aromatic rings. The zero-order valence-corrected chi connectivity index (χ0v) is 12.4. The molecule has 0 aliphatic carbocycles. The molecule has 3 heterocycles. The standard InChI is InChI=1S/C11H22ClNO3Si/c1-10-8-13-5-6-14-17(15-10,7-3-4-12)16-11(2)9-13/h10-11H,3-9H2,1-2H3. The fourth-order valence-corrected chi connectivity index (χ4v) is 5.89. The minimum atomic E-state index is -2.49. The van der Waals surface area contributed by atoms with E-state index in [-0.39, 0.29) is 12.2 Å². The SMILES string of the molecule is CC1CN2CCO[Si](CCCCl)(O1)OC(C)C2. The second kappa shape index (κ2) is 5.99. The van der Waals surface area contributed by atoms with Crippen LogP contribution in [0.15, 0.2) is 0 Å². The highest BCUT2D eigenvalue weighted by molar-refractivity contribution is 6.60. The molecule has 0 radical (unpaired) electrons. The molecule has 6 heteroatoms. The Bertz CT molecular complexity index is 239. The van der Waals surface area contributed by atoms with Gasteiger partial charge >= 0.3 is 8.80 Å². The van der Waals surface area contributed by atoms with Crippen LogP contribution in [-0.2, 0) is 13.3 Å². The van der Waals surface area contributed by atoms with Gasteiger partial charge in [-0.3, -0.25) is 4.90 Å². The molecule has 0 aromatic carbocycles. The normalized spacial score (nSPS) is 42.9. The van der Waals surface area contributed by atoms with Crippen molar-refractivity contribution in [2.45, 2.75) is 38.5 Å². The van der Waals surface area contributed by atoms with Gasteiger partial charge in [0.05, 0.1) is 18.8 Å². The Labute approximate surface area is 110 Å². The molecule has 3 saturated heterocycles. The molecule has 0 aromatic heterocycles. The van der Waals surface area contributed by atoms with Gasteiger partial charge in [-0.1, -0.05) is 0 Å². The van der Waals surface area contributed by atoms with Gasteiger partial charge in [0.2, 0.25) is 0 Å². The van der Waals surface area contributed by atoms with Gasteiger partial charge in [-0.2, -0.15) is 0 Å². The fourth-order valence-electron chi connectivity index (χ4n) is 2.57. The largest absolute Gasteiger partial charge is 0.501 e. The third-order valence-electron chi connectivity index (χ3n) is 3.14. The number of hydrogen-bond donors (Lipinski definition) is 0. The molecule has 0 saturated carbocycles. The van der Waals surface area contributed by atoms with Crippen LogP contribution in [0.2, 0.25) is 6.04 Å². The maximum Gasteiger partial charge on any atom is 0.501 e. The molecule has 2 bridgehead atoms. The van der Waals surface area contributed by atoms with Gasteiger partial charge < -0.3 is 13.3 Å². The van der Waals surface area contributed by atoms with Gasteiger partial charge in [0.15, 0.2) is 0 Å². The Morgan fingerprint density at radius 2 is 1.88 bits per heavy atom. The molecule has 3 aliphatic rings. The predicted molar refractivity (Wildman–Crippen MR) is 69.4 cm³/mol. The first-order chi connectivity index (χ1) is 8.13. The molecule has 0 amide bonds. The monoisotopic (exact) mass is 279 g/mol. The predicted octanol–water partition coefficient (Wildman–Crippen LogP) is 1.71. The maximum atomic E-state index is 6.12. The fraction of sp³-hybridized carbons (Fsp3) is 1.00. The van der Waals surface area contributed by atoms with E-state index in [1.807, 2.05) is 0 Å². The quantitative estimate of drug-likeness (QED) is 0.581.